The normalized spacial score (nSPS) is 20.2. The zero-order chi connectivity index (χ0) is 16.3. The first-order valence-corrected chi connectivity index (χ1v) is 9.73. The van der Waals surface area contributed by atoms with Gasteiger partial charge in [0.2, 0.25) is 15.9 Å². The van der Waals surface area contributed by atoms with Crippen molar-refractivity contribution in [1.82, 2.24) is 5.32 Å². The highest BCUT2D eigenvalue weighted by Gasteiger charge is 2.28. The van der Waals surface area contributed by atoms with Crippen molar-refractivity contribution in [3.63, 3.8) is 0 Å². The molecule has 0 aromatic heterocycles. The predicted octanol–water partition coefficient (Wildman–Crippen LogP) is 1.70. The van der Waals surface area contributed by atoms with E-state index in [1.54, 1.807) is 6.07 Å². The molecule has 0 bridgehead atoms. The molecule has 0 unspecified atom stereocenters. The molecule has 2 N–H and O–H groups in total. The molecule has 1 aliphatic heterocycles. The third kappa shape index (κ3) is 3.77. The lowest BCUT2D eigenvalue weighted by molar-refractivity contribution is -0.120. The van der Waals surface area contributed by atoms with Gasteiger partial charge in [-0.05, 0) is 25.0 Å². The molecular weight excluding hydrogens is 314 g/mol. The molecule has 1 aliphatic carbocycles. The molecule has 3 rings (SSSR count). The van der Waals surface area contributed by atoms with Crippen LogP contribution < -0.4 is 14.9 Å². The van der Waals surface area contributed by atoms with Gasteiger partial charge in [0.05, 0.1) is 23.2 Å². The molecule has 1 heterocycles. The molecule has 2 aliphatic rings. The van der Waals surface area contributed by atoms with Gasteiger partial charge in [-0.25, -0.2) is 8.42 Å². The second-order valence-corrected chi connectivity index (χ2v) is 8.16. The van der Waals surface area contributed by atoms with Crippen LogP contribution in [0.2, 0.25) is 0 Å². The second-order valence-electron chi connectivity index (χ2n) is 6.20. The first kappa shape index (κ1) is 16.1. The maximum absolute atomic E-state index is 12.6. The summed E-state index contributed by atoms with van der Waals surface area (Å²) in [6, 6.07) is 7.30. The summed E-state index contributed by atoms with van der Waals surface area (Å²) in [5.41, 5.74) is 1.33. The summed E-state index contributed by atoms with van der Waals surface area (Å²) in [6.45, 7) is 1.50. The van der Waals surface area contributed by atoms with Crippen LogP contribution in [-0.4, -0.2) is 39.2 Å². The van der Waals surface area contributed by atoms with E-state index in [1.807, 2.05) is 23.1 Å². The number of hydrogen-bond donors (Lipinski definition) is 2. The average Bonchev–Trinajstić information content (AvgIpc) is 2.56. The lowest BCUT2D eigenvalue weighted by Gasteiger charge is -2.31. The average molecular weight is 337 g/mol. The van der Waals surface area contributed by atoms with Crippen molar-refractivity contribution >= 4 is 27.3 Å². The number of piperazine rings is 1. The van der Waals surface area contributed by atoms with Crippen molar-refractivity contribution in [2.45, 2.75) is 37.4 Å². The topological polar surface area (TPSA) is 78.5 Å². The van der Waals surface area contributed by atoms with E-state index in [1.165, 1.54) is 0 Å². The Labute approximate surface area is 137 Å². The number of amides is 1. The van der Waals surface area contributed by atoms with E-state index in [-0.39, 0.29) is 17.7 Å². The van der Waals surface area contributed by atoms with E-state index >= 15 is 0 Å². The van der Waals surface area contributed by atoms with Gasteiger partial charge in [0.15, 0.2) is 0 Å². The highest BCUT2D eigenvalue weighted by Crippen LogP contribution is 2.30. The number of carbonyl (C=O) groups excluding carboxylic acids is 1. The van der Waals surface area contributed by atoms with E-state index in [0.717, 1.165) is 37.8 Å². The Hall–Kier alpha value is -1.76. The van der Waals surface area contributed by atoms with Gasteiger partial charge in [0.1, 0.15) is 0 Å². The number of nitrogens with zero attached hydrogens (tertiary/aromatic N) is 1. The van der Waals surface area contributed by atoms with Crippen LogP contribution in [0, 0.1) is 0 Å². The number of rotatable bonds is 4. The lowest BCUT2D eigenvalue weighted by atomic mass is 10.0. The maximum Gasteiger partial charge on any atom is 0.239 e. The fourth-order valence-electron chi connectivity index (χ4n) is 3.29. The van der Waals surface area contributed by atoms with Gasteiger partial charge >= 0.3 is 0 Å². The quantitative estimate of drug-likeness (QED) is 0.876. The minimum atomic E-state index is -3.39. The number of sulfonamides is 1. The third-order valence-electron chi connectivity index (χ3n) is 4.53. The number of hydrogen-bond acceptors (Lipinski definition) is 4. The molecule has 1 saturated carbocycles. The van der Waals surface area contributed by atoms with Crippen LogP contribution in [0.25, 0.3) is 0 Å². The van der Waals surface area contributed by atoms with Crippen LogP contribution in [-0.2, 0) is 14.8 Å². The van der Waals surface area contributed by atoms with Crippen LogP contribution in [0.4, 0.5) is 11.4 Å². The number of carbonyl (C=O) groups is 1. The van der Waals surface area contributed by atoms with Gasteiger partial charge in [-0.1, -0.05) is 31.4 Å². The maximum atomic E-state index is 12.6. The summed E-state index contributed by atoms with van der Waals surface area (Å²) in [4.78, 5) is 13.5. The van der Waals surface area contributed by atoms with Crippen molar-refractivity contribution in [3.05, 3.63) is 24.3 Å². The Morgan fingerprint density at radius 2 is 1.87 bits per heavy atom. The molecule has 2 fully saturated rings. The molecule has 0 atom stereocenters. The highest BCUT2D eigenvalue weighted by molar-refractivity contribution is 7.93. The lowest BCUT2D eigenvalue weighted by Crippen LogP contribution is -2.48. The summed E-state index contributed by atoms with van der Waals surface area (Å²) in [5.74, 6) is -0.0406. The van der Waals surface area contributed by atoms with Gasteiger partial charge in [-0.2, -0.15) is 0 Å². The number of anilines is 2. The Bertz CT molecular complexity index is 669. The third-order valence-corrected chi connectivity index (χ3v) is 6.38. The largest absolute Gasteiger partial charge is 0.359 e. The first-order valence-electron chi connectivity index (χ1n) is 8.18. The molecule has 23 heavy (non-hydrogen) atoms. The first-order chi connectivity index (χ1) is 11.1. The molecule has 1 aromatic rings. The summed E-state index contributed by atoms with van der Waals surface area (Å²) in [7, 11) is -3.39. The van der Waals surface area contributed by atoms with Crippen LogP contribution in [0.15, 0.2) is 24.3 Å². The monoisotopic (exact) mass is 337 g/mol. The van der Waals surface area contributed by atoms with E-state index < -0.39 is 10.0 Å². The molecule has 126 valence electrons. The van der Waals surface area contributed by atoms with Crippen molar-refractivity contribution in [1.29, 1.82) is 0 Å². The van der Waals surface area contributed by atoms with Gasteiger partial charge < -0.3 is 10.2 Å². The SMILES string of the molecule is O=C1CN(c2ccccc2NS(=O)(=O)C2CCCCC2)CCN1. The molecule has 0 spiro atoms. The Morgan fingerprint density at radius 3 is 2.61 bits per heavy atom. The Balaban J connectivity index is 1.81. The summed E-state index contributed by atoms with van der Waals surface area (Å²) < 4.78 is 28.1. The fourth-order valence-corrected chi connectivity index (χ4v) is 4.89. The van der Waals surface area contributed by atoms with E-state index in [2.05, 4.69) is 10.0 Å². The number of para-hydroxylation sites is 2. The molecule has 1 amide bonds. The van der Waals surface area contributed by atoms with E-state index in [4.69, 9.17) is 0 Å². The molecule has 7 heteroatoms. The summed E-state index contributed by atoms with van der Waals surface area (Å²) >= 11 is 0. The van der Waals surface area contributed by atoms with Gasteiger partial charge in [0.25, 0.3) is 0 Å². The zero-order valence-electron chi connectivity index (χ0n) is 13.1. The van der Waals surface area contributed by atoms with E-state index in [0.29, 0.717) is 18.8 Å². The van der Waals surface area contributed by atoms with Crippen molar-refractivity contribution in [3.8, 4) is 0 Å². The van der Waals surface area contributed by atoms with Crippen molar-refractivity contribution in [2.75, 3.05) is 29.3 Å². The van der Waals surface area contributed by atoms with Crippen LogP contribution in [0.3, 0.4) is 0 Å². The zero-order valence-corrected chi connectivity index (χ0v) is 13.9. The van der Waals surface area contributed by atoms with Gasteiger partial charge in [-0.15, -0.1) is 0 Å². The van der Waals surface area contributed by atoms with Crippen LogP contribution in [0.5, 0.6) is 0 Å². The summed E-state index contributed by atoms with van der Waals surface area (Å²) in [5, 5.41) is 2.47. The van der Waals surface area contributed by atoms with Gasteiger partial charge in [-0.3, -0.25) is 9.52 Å². The van der Waals surface area contributed by atoms with Crippen molar-refractivity contribution < 1.29 is 13.2 Å². The molecule has 1 saturated heterocycles. The van der Waals surface area contributed by atoms with Crippen molar-refractivity contribution in [2.24, 2.45) is 0 Å². The van der Waals surface area contributed by atoms with E-state index in [9.17, 15) is 13.2 Å². The molecule has 0 radical (unpaired) electrons. The molecule has 1 aromatic carbocycles. The standard InChI is InChI=1S/C16H23N3O3S/c20-16-12-19(11-10-17-16)15-9-5-4-8-14(15)18-23(21,22)13-6-2-1-3-7-13/h4-5,8-9,13,18H,1-3,6-7,10-12H2,(H,17,20). The Kier molecular flexibility index (Phi) is 4.75. The fraction of sp³-hybridized carbons (Fsp3) is 0.562. The Morgan fingerprint density at radius 1 is 1.13 bits per heavy atom. The minimum absolute atomic E-state index is 0.0406. The summed E-state index contributed by atoms with van der Waals surface area (Å²) in [6.07, 6.45) is 4.51. The van der Waals surface area contributed by atoms with Gasteiger partial charge in [0, 0.05) is 13.1 Å². The second kappa shape index (κ2) is 6.78. The smallest absolute Gasteiger partial charge is 0.239 e. The highest BCUT2D eigenvalue weighted by atomic mass is 32.2. The van der Waals surface area contributed by atoms with Crippen LogP contribution >= 0.6 is 0 Å². The molecular formula is C16H23N3O3S. The number of nitrogens with one attached hydrogen (secondary N) is 2. The number of benzene rings is 1. The molecule has 6 nitrogen and oxygen atoms in total. The minimum Gasteiger partial charge on any atom is -0.359 e. The predicted molar refractivity (Wildman–Crippen MR) is 91.1 cm³/mol. The van der Waals surface area contributed by atoms with Crippen LogP contribution in [0.1, 0.15) is 32.1 Å².